The van der Waals surface area contributed by atoms with Gasteiger partial charge in [0.25, 0.3) is 0 Å². The fraction of sp³-hybridized carbons (Fsp3) is 0.235. The van der Waals surface area contributed by atoms with Gasteiger partial charge in [0, 0.05) is 37.5 Å². The lowest BCUT2D eigenvalue weighted by molar-refractivity contribution is -0.111. The van der Waals surface area contributed by atoms with Crippen molar-refractivity contribution in [2.45, 2.75) is 6.54 Å². The van der Waals surface area contributed by atoms with Crippen LogP contribution in [-0.4, -0.2) is 26.9 Å². The highest BCUT2D eigenvalue weighted by Crippen LogP contribution is 2.15. The molecule has 2 aromatic rings. The maximum atomic E-state index is 6.25. The minimum Gasteiger partial charge on any atom is -0.378 e. The number of nitrogens with zero attached hydrogens (tertiary/aromatic N) is 1. The van der Waals surface area contributed by atoms with Crippen molar-refractivity contribution in [3.63, 3.8) is 0 Å². The fourth-order valence-corrected chi connectivity index (χ4v) is 2.11. The summed E-state index contributed by atoms with van der Waals surface area (Å²) in [6.45, 7) is 0.873. The third-order valence-electron chi connectivity index (χ3n) is 3.34. The molecule has 3 nitrogen and oxygen atoms in total. The highest BCUT2D eigenvalue weighted by Gasteiger charge is 2.10. The van der Waals surface area contributed by atoms with Crippen molar-refractivity contribution in [1.82, 2.24) is 5.32 Å². The summed E-state index contributed by atoms with van der Waals surface area (Å²) in [7, 11) is 6.01. The van der Waals surface area contributed by atoms with Gasteiger partial charge in [-0.25, -0.2) is 0 Å². The fourth-order valence-electron chi connectivity index (χ4n) is 2.11. The zero-order valence-electron chi connectivity index (χ0n) is 12.4. The molecule has 0 aliphatic heterocycles. The summed E-state index contributed by atoms with van der Waals surface area (Å²) in [5, 5.41) is 9.39. The zero-order valence-corrected chi connectivity index (χ0v) is 12.4. The van der Waals surface area contributed by atoms with E-state index in [1.165, 1.54) is 11.3 Å². The van der Waals surface area contributed by atoms with Crippen LogP contribution >= 0.6 is 0 Å². The maximum Gasteiger partial charge on any atom is 0.211 e. The number of rotatable bonds is 5. The number of hydrogen-bond acceptors (Lipinski definition) is 2. The van der Waals surface area contributed by atoms with Gasteiger partial charge in [-0.15, -0.1) is 0 Å². The molecule has 0 saturated heterocycles. The van der Waals surface area contributed by atoms with Crippen LogP contribution in [0.1, 0.15) is 16.7 Å². The van der Waals surface area contributed by atoms with Gasteiger partial charge >= 0.3 is 0 Å². The second-order valence-corrected chi connectivity index (χ2v) is 5.08. The molecule has 0 spiro atoms. The van der Waals surface area contributed by atoms with Gasteiger partial charge in [0.2, 0.25) is 5.71 Å². The van der Waals surface area contributed by atoms with Gasteiger partial charge in [0.05, 0.1) is 0 Å². The van der Waals surface area contributed by atoms with E-state index < -0.39 is 0 Å². The number of anilines is 1. The van der Waals surface area contributed by atoms with Crippen molar-refractivity contribution >= 4 is 11.4 Å². The molecule has 20 heavy (non-hydrogen) atoms. The van der Waals surface area contributed by atoms with Crippen LogP contribution in [0.15, 0.2) is 48.5 Å². The SMILES string of the molecule is CNCc1ccc(C(=[NH2+])c2ccc(N(C)C)cc2)cc1. The van der Waals surface area contributed by atoms with Gasteiger partial charge in [-0.3, -0.25) is 5.41 Å². The largest absolute Gasteiger partial charge is 0.378 e. The number of nitrogens with two attached hydrogens (primary N) is 1. The molecule has 0 unspecified atom stereocenters. The summed E-state index contributed by atoms with van der Waals surface area (Å²) in [6.07, 6.45) is 0. The van der Waals surface area contributed by atoms with Crippen molar-refractivity contribution in [3.05, 3.63) is 65.2 Å². The molecule has 2 aromatic carbocycles. The highest BCUT2D eigenvalue weighted by molar-refractivity contribution is 6.08. The third-order valence-corrected chi connectivity index (χ3v) is 3.34. The Bertz CT molecular complexity index is 568. The summed E-state index contributed by atoms with van der Waals surface area (Å²) < 4.78 is 0. The van der Waals surface area contributed by atoms with Crippen LogP contribution < -0.4 is 15.6 Å². The minimum atomic E-state index is 0.811. The molecule has 0 aliphatic rings. The van der Waals surface area contributed by atoms with E-state index in [1.54, 1.807) is 0 Å². The highest BCUT2D eigenvalue weighted by atomic mass is 15.1. The van der Waals surface area contributed by atoms with Crippen LogP contribution in [0.2, 0.25) is 0 Å². The van der Waals surface area contributed by atoms with E-state index in [1.807, 2.05) is 21.1 Å². The summed E-state index contributed by atoms with van der Waals surface area (Å²) >= 11 is 0. The molecule has 0 fully saturated rings. The van der Waals surface area contributed by atoms with Gasteiger partial charge < -0.3 is 10.2 Å². The quantitative estimate of drug-likeness (QED) is 0.796. The minimum absolute atomic E-state index is 0.811. The summed E-state index contributed by atoms with van der Waals surface area (Å²) in [5.74, 6) is 0. The molecule has 3 heteroatoms. The number of hydrogen-bond donors (Lipinski definition) is 2. The standard InChI is InChI=1S/C17H21N3/c1-19-12-13-4-6-14(7-5-13)17(18)15-8-10-16(11-9-15)20(2)3/h4-11,18-19H,12H2,1-3H3/p+1. The van der Waals surface area contributed by atoms with Gasteiger partial charge in [-0.1, -0.05) is 12.1 Å². The maximum absolute atomic E-state index is 6.25. The van der Waals surface area contributed by atoms with Gasteiger partial charge in [-0.05, 0) is 49.0 Å². The summed E-state index contributed by atoms with van der Waals surface area (Å²) in [5.41, 5.74) is 5.35. The molecule has 0 saturated carbocycles. The predicted octanol–water partition coefficient (Wildman–Crippen LogP) is 1.07. The monoisotopic (exact) mass is 268 g/mol. The Morgan fingerprint density at radius 1 is 0.950 bits per heavy atom. The Hall–Kier alpha value is -2.13. The van der Waals surface area contributed by atoms with E-state index >= 15 is 0 Å². The van der Waals surface area contributed by atoms with Crippen LogP contribution in [0.25, 0.3) is 0 Å². The van der Waals surface area contributed by atoms with E-state index in [0.717, 1.165) is 23.4 Å². The van der Waals surface area contributed by atoms with E-state index in [-0.39, 0.29) is 0 Å². The molecule has 0 aromatic heterocycles. The van der Waals surface area contributed by atoms with E-state index in [2.05, 4.69) is 58.7 Å². The van der Waals surface area contributed by atoms with Crippen LogP contribution in [0.3, 0.4) is 0 Å². The van der Waals surface area contributed by atoms with Gasteiger partial charge in [-0.2, -0.15) is 0 Å². The Morgan fingerprint density at radius 3 is 1.90 bits per heavy atom. The predicted molar refractivity (Wildman–Crippen MR) is 85.1 cm³/mol. The second kappa shape index (κ2) is 6.35. The number of nitrogens with one attached hydrogen (secondary N) is 1. The Balaban J connectivity index is 2.17. The smallest absolute Gasteiger partial charge is 0.211 e. The topological polar surface area (TPSA) is 40.9 Å². The molecule has 0 amide bonds. The van der Waals surface area contributed by atoms with Crippen LogP contribution in [0, 0.1) is 0 Å². The number of benzene rings is 2. The molecule has 2 rings (SSSR count). The first kappa shape index (κ1) is 14.3. The third kappa shape index (κ3) is 3.25. The Morgan fingerprint density at radius 2 is 1.45 bits per heavy atom. The van der Waals surface area contributed by atoms with Crippen molar-refractivity contribution in [2.75, 3.05) is 26.0 Å². The van der Waals surface area contributed by atoms with E-state index in [9.17, 15) is 0 Å². The molecule has 3 N–H and O–H groups in total. The van der Waals surface area contributed by atoms with Crippen LogP contribution in [0.5, 0.6) is 0 Å². The summed E-state index contributed by atoms with van der Waals surface area (Å²) in [4.78, 5) is 2.08. The van der Waals surface area contributed by atoms with Crippen molar-refractivity contribution in [1.29, 1.82) is 0 Å². The molecular formula is C17H22N3+. The van der Waals surface area contributed by atoms with Crippen molar-refractivity contribution < 1.29 is 5.41 Å². The van der Waals surface area contributed by atoms with Crippen molar-refractivity contribution in [2.24, 2.45) is 0 Å². The lowest BCUT2D eigenvalue weighted by Gasteiger charge is -2.12. The lowest BCUT2D eigenvalue weighted by atomic mass is 10.0. The Kier molecular flexibility index (Phi) is 4.53. The lowest BCUT2D eigenvalue weighted by Crippen LogP contribution is -2.41. The zero-order chi connectivity index (χ0) is 14.5. The van der Waals surface area contributed by atoms with Crippen molar-refractivity contribution in [3.8, 4) is 0 Å². The van der Waals surface area contributed by atoms with E-state index in [4.69, 9.17) is 5.41 Å². The molecule has 0 radical (unpaired) electrons. The first-order chi connectivity index (χ1) is 9.61. The Labute approximate surface area is 120 Å². The molecule has 0 bridgehead atoms. The first-order valence-corrected chi connectivity index (χ1v) is 6.76. The second-order valence-electron chi connectivity index (χ2n) is 5.08. The van der Waals surface area contributed by atoms with Crippen LogP contribution in [-0.2, 0) is 6.54 Å². The average molecular weight is 268 g/mol. The van der Waals surface area contributed by atoms with Gasteiger partial charge in [0.1, 0.15) is 0 Å². The van der Waals surface area contributed by atoms with Gasteiger partial charge in [0.15, 0.2) is 0 Å². The average Bonchev–Trinajstić information content (AvgIpc) is 2.48. The first-order valence-electron chi connectivity index (χ1n) is 6.76. The molecule has 104 valence electrons. The normalized spacial score (nSPS) is 10.3. The molecule has 0 heterocycles. The van der Waals surface area contributed by atoms with E-state index in [0.29, 0.717) is 0 Å². The summed E-state index contributed by atoms with van der Waals surface area (Å²) in [6, 6.07) is 16.6. The molecular weight excluding hydrogens is 246 g/mol. The molecule has 0 atom stereocenters. The molecule has 0 aliphatic carbocycles. The van der Waals surface area contributed by atoms with Crippen LogP contribution in [0.4, 0.5) is 5.69 Å².